The lowest BCUT2D eigenvalue weighted by atomic mass is 10.1. The van der Waals surface area contributed by atoms with Gasteiger partial charge in [-0.3, -0.25) is 19.5 Å². The minimum Gasteiger partial charge on any atom is -0.480 e. The molecule has 0 spiro atoms. The molecule has 35 heavy (non-hydrogen) atoms. The van der Waals surface area contributed by atoms with Gasteiger partial charge in [-0.25, -0.2) is 14.4 Å². The number of carbonyl (C=O) groups is 5. The summed E-state index contributed by atoms with van der Waals surface area (Å²) in [5.74, 6) is -2.77. The molecule has 14 nitrogen and oxygen atoms in total. The Kier molecular flexibility index (Phi) is 10.3. The molecule has 2 rings (SSSR count). The highest BCUT2D eigenvalue weighted by atomic mass is 16.5. The van der Waals surface area contributed by atoms with Crippen LogP contribution in [0.3, 0.4) is 0 Å². The van der Waals surface area contributed by atoms with Gasteiger partial charge >= 0.3 is 18.1 Å². The third-order valence-electron chi connectivity index (χ3n) is 4.91. The quantitative estimate of drug-likeness (QED) is 0.0847. The lowest BCUT2D eigenvalue weighted by Crippen LogP contribution is -2.50. The predicted molar refractivity (Wildman–Crippen MR) is 123 cm³/mol. The first-order valence-corrected chi connectivity index (χ1v) is 10.8. The highest BCUT2D eigenvalue weighted by Gasteiger charge is 2.38. The molecule has 1 saturated heterocycles. The van der Waals surface area contributed by atoms with E-state index >= 15 is 0 Å². The second kappa shape index (κ2) is 13.4. The Hall–Kier alpha value is -4.36. The molecule has 1 fully saturated rings. The maximum atomic E-state index is 12.4. The molecule has 1 aliphatic rings. The second-order valence-corrected chi connectivity index (χ2v) is 7.63. The van der Waals surface area contributed by atoms with Crippen LogP contribution in [0, 0.1) is 0 Å². The average molecular weight is 492 g/mol. The van der Waals surface area contributed by atoms with Crippen LogP contribution in [-0.4, -0.2) is 77.6 Å². The number of carboxylic acids is 1. The zero-order valence-corrected chi connectivity index (χ0v) is 18.9. The monoisotopic (exact) mass is 491 g/mol. The predicted octanol–water partition coefficient (Wildman–Crippen LogP) is -1.15. The summed E-state index contributed by atoms with van der Waals surface area (Å²) < 4.78 is 4.97. The first-order valence-electron chi connectivity index (χ1n) is 10.8. The number of amides is 5. The maximum Gasteiger partial charge on any atom is 0.408 e. The number of carbonyl (C=O) groups excluding carboxylic acids is 4. The number of hydrogen-bond acceptors (Lipinski definition) is 7. The van der Waals surface area contributed by atoms with Crippen molar-refractivity contribution in [3.8, 4) is 0 Å². The molecule has 190 valence electrons. The number of rotatable bonds is 13. The van der Waals surface area contributed by atoms with E-state index in [0.29, 0.717) is 31.4 Å². The number of aliphatic carboxylic acids is 1. The van der Waals surface area contributed by atoms with E-state index in [1.165, 1.54) is 0 Å². The summed E-state index contributed by atoms with van der Waals surface area (Å²) in [7, 11) is 0. The van der Waals surface area contributed by atoms with Gasteiger partial charge in [0.25, 0.3) is 5.91 Å². The molecular formula is C21H29N7O7. The standard InChI is InChI=1S/C21H29N7O7/c22-19(23)24-9-5-4-8-14-17(30)28(20(33)26-14)11-16(29)25-10-15(18(31)32)27-21(34)35-12-13-6-2-1-3-7-13/h1-3,6-7,14-15H,4-5,8-12H2,(H,25,29)(H,26,33)(H,27,34)(H,31,32)(H4,22,23,24)/t14-,15?/m0/s1. The molecule has 14 heteroatoms. The minimum absolute atomic E-state index is 0.0307. The van der Waals surface area contributed by atoms with Crippen LogP contribution in [0.25, 0.3) is 0 Å². The Morgan fingerprint density at radius 1 is 1.17 bits per heavy atom. The summed E-state index contributed by atoms with van der Waals surface area (Å²) in [6.07, 6.45) is 0.542. The molecule has 0 bridgehead atoms. The Morgan fingerprint density at radius 2 is 1.89 bits per heavy atom. The number of nitrogens with one attached hydrogen (secondary N) is 3. The normalized spacial score (nSPS) is 15.7. The third kappa shape index (κ3) is 9.19. The van der Waals surface area contributed by atoms with Gasteiger partial charge in [0.1, 0.15) is 25.2 Å². The van der Waals surface area contributed by atoms with E-state index in [1.807, 2.05) is 0 Å². The molecule has 1 aromatic carbocycles. The van der Waals surface area contributed by atoms with E-state index in [9.17, 15) is 29.1 Å². The highest BCUT2D eigenvalue weighted by molar-refractivity contribution is 6.06. The molecule has 1 aliphatic heterocycles. The lowest BCUT2D eigenvalue weighted by molar-refractivity contribution is -0.139. The van der Waals surface area contributed by atoms with Gasteiger partial charge in [-0.05, 0) is 24.8 Å². The number of guanidine groups is 1. The first kappa shape index (κ1) is 26.9. The van der Waals surface area contributed by atoms with E-state index in [-0.39, 0.29) is 12.6 Å². The number of unbranched alkanes of at least 4 members (excludes halogenated alkanes) is 1. The second-order valence-electron chi connectivity index (χ2n) is 7.63. The number of hydrogen-bond donors (Lipinski definition) is 6. The fourth-order valence-electron chi connectivity index (χ4n) is 3.11. The van der Waals surface area contributed by atoms with Crippen molar-refractivity contribution in [2.45, 2.75) is 38.0 Å². The summed E-state index contributed by atoms with van der Waals surface area (Å²) in [5.41, 5.74) is 11.2. The van der Waals surface area contributed by atoms with E-state index in [1.54, 1.807) is 30.3 Å². The summed E-state index contributed by atoms with van der Waals surface area (Å²) in [6.45, 7) is -0.749. The molecule has 1 unspecified atom stereocenters. The molecule has 0 saturated carbocycles. The minimum atomic E-state index is -1.48. The summed E-state index contributed by atoms with van der Waals surface area (Å²) >= 11 is 0. The summed E-state index contributed by atoms with van der Waals surface area (Å²) in [4.78, 5) is 64.6. The number of carboxylic acid groups (broad SMARTS) is 1. The molecule has 0 aromatic heterocycles. The first-order chi connectivity index (χ1) is 16.7. The molecular weight excluding hydrogens is 462 g/mol. The lowest BCUT2D eigenvalue weighted by Gasteiger charge is -2.17. The fraction of sp³-hybridized carbons (Fsp3) is 0.429. The van der Waals surface area contributed by atoms with Crippen molar-refractivity contribution in [1.29, 1.82) is 0 Å². The van der Waals surface area contributed by atoms with Gasteiger partial charge in [0.2, 0.25) is 5.91 Å². The van der Waals surface area contributed by atoms with E-state index in [2.05, 4.69) is 20.9 Å². The Labute approximate surface area is 201 Å². The molecule has 0 radical (unpaired) electrons. The van der Waals surface area contributed by atoms with E-state index < -0.39 is 55.1 Å². The number of imide groups is 1. The van der Waals surface area contributed by atoms with Crippen LogP contribution in [0.1, 0.15) is 24.8 Å². The fourth-order valence-corrected chi connectivity index (χ4v) is 3.11. The van der Waals surface area contributed by atoms with Crippen molar-refractivity contribution in [1.82, 2.24) is 20.9 Å². The van der Waals surface area contributed by atoms with Crippen LogP contribution in [-0.2, 0) is 25.7 Å². The smallest absolute Gasteiger partial charge is 0.408 e. The number of ether oxygens (including phenoxy) is 1. The van der Waals surface area contributed by atoms with Gasteiger partial charge in [-0.2, -0.15) is 0 Å². The number of nitrogens with zero attached hydrogens (tertiary/aromatic N) is 2. The SMILES string of the molecule is NC(N)=NCCCC[C@@H]1NC(=O)N(CC(=O)NCC(NC(=O)OCc2ccccc2)C(=O)O)C1=O. The number of urea groups is 1. The highest BCUT2D eigenvalue weighted by Crippen LogP contribution is 2.12. The van der Waals surface area contributed by atoms with Crippen molar-refractivity contribution >= 4 is 35.9 Å². The van der Waals surface area contributed by atoms with Crippen LogP contribution >= 0.6 is 0 Å². The van der Waals surface area contributed by atoms with Crippen molar-refractivity contribution in [3.05, 3.63) is 35.9 Å². The average Bonchev–Trinajstić information content (AvgIpc) is 3.08. The molecule has 1 heterocycles. The van der Waals surface area contributed by atoms with Crippen LogP contribution in [0.15, 0.2) is 35.3 Å². The van der Waals surface area contributed by atoms with Crippen molar-refractivity contribution in [2.75, 3.05) is 19.6 Å². The van der Waals surface area contributed by atoms with Gasteiger partial charge in [-0.1, -0.05) is 30.3 Å². The van der Waals surface area contributed by atoms with Crippen molar-refractivity contribution < 1.29 is 33.8 Å². The Morgan fingerprint density at radius 3 is 2.54 bits per heavy atom. The molecule has 1 aromatic rings. The van der Waals surface area contributed by atoms with E-state index in [4.69, 9.17) is 16.2 Å². The van der Waals surface area contributed by atoms with Crippen LogP contribution < -0.4 is 27.4 Å². The Bertz CT molecular complexity index is 951. The molecule has 0 aliphatic carbocycles. The van der Waals surface area contributed by atoms with Gasteiger partial charge in [-0.15, -0.1) is 0 Å². The van der Waals surface area contributed by atoms with Crippen molar-refractivity contribution in [3.63, 3.8) is 0 Å². The van der Waals surface area contributed by atoms with Crippen LogP contribution in [0.2, 0.25) is 0 Å². The van der Waals surface area contributed by atoms with E-state index in [0.717, 1.165) is 4.90 Å². The topological polar surface area (TPSA) is 219 Å². The van der Waals surface area contributed by atoms with Gasteiger partial charge in [0, 0.05) is 13.1 Å². The van der Waals surface area contributed by atoms with Crippen molar-refractivity contribution in [2.24, 2.45) is 16.5 Å². The van der Waals surface area contributed by atoms with Gasteiger partial charge < -0.3 is 37.3 Å². The Balaban J connectivity index is 1.76. The number of benzene rings is 1. The number of aliphatic imine (C=N–C) groups is 1. The maximum absolute atomic E-state index is 12.4. The summed E-state index contributed by atoms with van der Waals surface area (Å²) in [5, 5.41) is 16.2. The zero-order chi connectivity index (χ0) is 25.8. The summed E-state index contributed by atoms with van der Waals surface area (Å²) in [6, 6.07) is 5.79. The number of nitrogens with two attached hydrogens (primary N) is 2. The number of alkyl carbamates (subject to hydrolysis) is 1. The molecule has 2 atom stereocenters. The van der Waals surface area contributed by atoms with Crippen LogP contribution in [0.4, 0.5) is 9.59 Å². The third-order valence-corrected chi connectivity index (χ3v) is 4.91. The largest absolute Gasteiger partial charge is 0.480 e. The molecule has 5 amide bonds. The zero-order valence-electron chi connectivity index (χ0n) is 18.9. The van der Waals surface area contributed by atoms with Gasteiger partial charge in [0.15, 0.2) is 5.96 Å². The van der Waals surface area contributed by atoms with Crippen LogP contribution in [0.5, 0.6) is 0 Å². The molecule has 8 N–H and O–H groups in total. The van der Waals surface area contributed by atoms with Gasteiger partial charge in [0.05, 0.1) is 0 Å².